The largest absolute Gasteiger partial charge is 0.381 e. The summed E-state index contributed by atoms with van der Waals surface area (Å²) in [5, 5.41) is 2.93. The fraction of sp³-hybridized carbons (Fsp3) is 0.917. The zero-order valence-electron chi connectivity index (χ0n) is 11.3. The van der Waals surface area contributed by atoms with Crippen molar-refractivity contribution in [2.45, 2.75) is 19.3 Å². The van der Waals surface area contributed by atoms with Gasteiger partial charge in [0.2, 0.25) is 15.9 Å². The van der Waals surface area contributed by atoms with Crippen molar-refractivity contribution < 1.29 is 17.9 Å². The highest BCUT2D eigenvalue weighted by atomic mass is 32.2. The second-order valence-electron chi connectivity index (χ2n) is 5.43. The van der Waals surface area contributed by atoms with Gasteiger partial charge in [0.1, 0.15) is 0 Å². The van der Waals surface area contributed by atoms with Crippen LogP contribution in [0, 0.1) is 11.8 Å². The van der Waals surface area contributed by atoms with Crippen molar-refractivity contribution in [3.63, 3.8) is 0 Å². The first-order chi connectivity index (χ1) is 8.97. The van der Waals surface area contributed by atoms with Gasteiger partial charge >= 0.3 is 0 Å². The van der Waals surface area contributed by atoms with Crippen LogP contribution in [0.4, 0.5) is 0 Å². The summed E-state index contributed by atoms with van der Waals surface area (Å²) in [6.07, 6.45) is 3.69. The average Bonchev–Trinajstić information content (AvgIpc) is 2.88. The first-order valence-electron chi connectivity index (χ1n) is 6.77. The number of sulfonamides is 1. The second kappa shape index (κ2) is 6.19. The summed E-state index contributed by atoms with van der Waals surface area (Å²) in [5.74, 6) is 0.157. The Morgan fingerprint density at radius 1 is 1.42 bits per heavy atom. The van der Waals surface area contributed by atoms with Crippen molar-refractivity contribution in [1.82, 2.24) is 9.62 Å². The lowest BCUT2D eigenvalue weighted by molar-refractivity contribution is -0.126. The molecule has 6 nitrogen and oxygen atoms in total. The van der Waals surface area contributed by atoms with E-state index >= 15 is 0 Å². The Morgan fingerprint density at radius 2 is 2.21 bits per heavy atom. The van der Waals surface area contributed by atoms with Crippen LogP contribution in [-0.4, -0.2) is 57.7 Å². The number of hydrogen-bond donors (Lipinski definition) is 1. The Bertz CT molecular complexity index is 417. The highest BCUT2D eigenvalue weighted by molar-refractivity contribution is 7.88. The molecule has 1 N–H and O–H groups in total. The first-order valence-corrected chi connectivity index (χ1v) is 8.62. The predicted octanol–water partition coefficient (Wildman–Crippen LogP) is -0.189. The molecule has 2 aliphatic rings. The Labute approximate surface area is 114 Å². The summed E-state index contributed by atoms with van der Waals surface area (Å²) in [7, 11) is -3.19. The molecule has 2 heterocycles. The third-order valence-corrected chi connectivity index (χ3v) is 5.08. The number of rotatable bonds is 4. The van der Waals surface area contributed by atoms with Gasteiger partial charge in [0.05, 0.1) is 18.8 Å². The van der Waals surface area contributed by atoms with Gasteiger partial charge in [-0.2, -0.15) is 0 Å². The Kier molecular flexibility index (Phi) is 4.81. The fourth-order valence-electron chi connectivity index (χ4n) is 2.59. The number of amides is 1. The van der Waals surface area contributed by atoms with E-state index in [1.807, 2.05) is 0 Å². The molecule has 0 aromatic carbocycles. The van der Waals surface area contributed by atoms with Crippen molar-refractivity contribution in [2.24, 2.45) is 11.8 Å². The maximum absolute atomic E-state index is 12.1. The summed E-state index contributed by atoms with van der Waals surface area (Å²) >= 11 is 0. The predicted molar refractivity (Wildman–Crippen MR) is 71.1 cm³/mol. The van der Waals surface area contributed by atoms with Gasteiger partial charge in [-0.1, -0.05) is 0 Å². The molecular weight excluding hydrogens is 268 g/mol. The summed E-state index contributed by atoms with van der Waals surface area (Å²) in [4.78, 5) is 12.1. The monoisotopic (exact) mass is 290 g/mol. The lowest BCUT2D eigenvalue weighted by Crippen LogP contribution is -2.45. The lowest BCUT2D eigenvalue weighted by Gasteiger charge is -2.30. The third-order valence-electron chi connectivity index (χ3n) is 3.81. The molecule has 1 amide bonds. The van der Waals surface area contributed by atoms with Crippen molar-refractivity contribution in [2.75, 3.05) is 39.1 Å². The maximum atomic E-state index is 12.1. The van der Waals surface area contributed by atoms with Gasteiger partial charge in [-0.05, 0) is 19.3 Å². The maximum Gasteiger partial charge on any atom is 0.224 e. The number of hydrogen-bond acceptors (Lipinski definition) is 4. The molecule has 0 saturated carbocycles. The average molecular weight is 290 g/mol. The van der Waals surface area contributed by atoms with Gasteiger partial charge in [-0.3, -0.25) is 4.79 Å². The van der Waals surface area contributed by atoms with E-state index in [0.29, 0.717) is 32.2 Å². The molecule has 0 radical (unpaired) electrons. The molecule has 19 heavy (non-hydrogen) atoms. The summed E-state index contributed by atoms with van der Waals surface area (Å²) in [6, 6.07) is 0. The number of carbonyl (C=O) groups is 1. The van der Waals surface area contributed by atoms with Crippen LogP contribution in [0.3, 0.4) is 0 Å². The molecule has 2 aliphatic heterocycles. The zero-order chi connectivity index (χ0) is 13.9. The zero-order valence-corrected chi connectivity index (χ0v) is 12.1. The number of nitrogens with zero attached hydrogens (tertiary/aromatic N) is 1. The quantitative estimate of drug-likeness (QED) is 0.779. The normalized spacial score (nSPS) is 29.3. The fourth-order valence-corrected chi connectivity index (χ4v) is 3.50. The van der Waals surface area contributed by atoms with Crippen molar-refractivity contribution in [3.8, 4) is 0 Å². The van der Waals surface area contributed by atoms with Crippen molar-refractivity contribution >= 4 is 15.9 Å². The van der Waals surface area contributed by atoms with Gasteiger partial charge in [0, 0.05) is 32.2 Å². The highest BCUT2D eigenvalue weighted by Gasteiger charge is 2.30. The molecule has 0 bridgehead atoms. The van der Waals surface area contributed by atoms with E-state index in [1.165, 1.54) is 10.6 Å². The molecule has 7 heteroatoms. The van der Waals surface area contributed by atoms with Crippen LogP contribution in [0.5, 0.6) is 0 Å². The molecule has 0 aromatic heterocycles. The number of carbonyl (C=O) groups excluding carboxylic acids is 1. The molecule has 0 aliphatic carbocycles. The van der Waals surface area contributed by atoms with Gasteiger partial charge in [-0.15, -0.1) is 0 Å². The van der Waals surface area contributed by atoms with E-state index < -0.39 is 10.0 Å². The van der Waals surface area contributed by atoms with Gasteiger partial charge in [-0.25, -0.2) is 12.7 Å². The molecule has 2 fully saturated rings. The van der Waals surface area contributed by atoms with E-state index in [2.05, 4.69) is 5.32 Å². The van der Waals surface area contributed by atoms with Crippen LogP contribution < -0.4 is 5.32 Å². The second-order valence-corrected chi connectivity index (χ2v) is 7.42. The van der Waals surface area contributed by atoms with Crippen LogP contribution in [0.1, 0.15) is 19.3 Å². The SMILES string of the molecule is CS(=O)(=O)N1CCC[C@@H](C(=O)NC[C@@H]2CCOC2)C1. The summed E-state index contributed by atoms with van der Waals surface area (Å²) in [6.45, 7) is 2.95. The molecule has 110 valence electrons. The molecule has 2 saturated heterocycles. The van der Waals surface area contributed by atoms with Crippen molar-refractivity contribution in [3.05, 3.63) is 0 Å². The van der Waals surface area contributed by atoms with Crippen LogP contribution >= 0.6 is 0 Å². The Morgan fingerprint density at radius 3 is 2.84 bits per heavy atom. The van der Waals surface area contributed by atoms with Crippen LogP contribution in [0.2, 0.25) is 0 Å². The molecule has 2 atom stereocenters. The van der Waals surface area contributed by atoms with E-state index in [9.17, 15) is 13.2 Å². The standard InChI is InChI=1S/C12H22N2O4S/c1-19(16,17)14-5-2-3-11(8-14)12(15)13-7-10-4-6-18-9-10/h10-11H,2-9H2,1H3,(H,13,15)/t10-,11+/m0/s1. The summed E-state index contributed by atoms with van der Waals surface area (Å²) in [5.41, 5.74) is 0. The van der Waals surface area contributed by atoms with E-state index in [-0.39, 0.29) is 11.8 Å². The smallest absolute Gasteiger partial charge is 0.224 e. The minimum Gasteiger partial charge on any atom is -0.381 e. The number of piperidine rings is 1. The first kappa shape index (κ1) is 14.7. The molecule has 2 rings (SSSR count). The van der Waals surface area contributed by atoms with Crippen molar-refractivity contribution in [1.29, 1.82) is 0 Å². The minimum atomic E-state index is -3.19. The summed E-state index contributed by atoms with van der Waals surface area (Å²) < 4.78 is 29.7. The molecular formula is C12H22N2O4S. The van der Waals surface area contributed by atoms with Crippen LogP contribution in [-0.2, 0) is 19.6 Å². The number of nitrogens with one attached hydrogen (secondary N) is 1. The van der Waals surface area contributed by atoms with E-state index in [1.54, 1.807) is 0 Å². The minimum absolute atomic E-state index is 0.0275. The lowest BCUT2D eigenvalue weighted by atomic mass is 9.98. The van der Waals surface area contributed by atoms with E-state index in [0.717, 1.165) is 25.9 Å². The third kappa shape index (κ3) is 4.15. The van der Waals surface area contributed by atoms with Gasteiger partial charge in [0.15, 0.2) is 0 Å². The van der Waals surface area contributed by atoms with Gasteiger partial charge in [0.25, 0.3) is 0 Å². The topological polar surface area (TPSA) is 75.7 Å². The Balaban J connectivity index is 1.81. The Hall–Kier alpha value is -0.660. The highest BCUT2D eigenvalue weighted by Crippen LogP contribution is 2.19. The van der Waals surface area contributed by atoms with Crippen LogP contribution in [0.15, 0.2) is 0 Å². The molecule has 0 unspecified atom stereocenters. The number of ether oxygens (including phenoxy) is 1. The molecule has 0 aromatic rings. The molecule has 0 spiro atoms. The van der Waals surface area contributed by atoms with E-state index in [4.69, 9.17) is 4.74 Å². The van der Waals surface area contributed by atoms with Gasteiger partial charge < -0.3 is 10.1 Å². The van der Waals surface area contributed by atoms with Crippen LogP contribution in [0.25, 0.3) is 0 Å².